The van der Waals surface area contributed by atoms with E-state index in [0.29, 0.717) is 24.6 Å². The first-order chi connectivity index (χ1) is 13.2. The summed E-state index contributed by atoms with van der Waals surface area (Å²) in [6, 6.07) is 9.93. The molecule has 1 atom stereocenters. The molecule has 0 saturated carbocycles. The van der Waals surface area contributed by atoms with E-state index in [0.717, 1.165) is 24.1 Å². The Labute approximate surface area is 172 Å². The van der Waals surface area contributed by atoms with Crippen molar-refractivity contribution in [2.75, 3.05) is 13.1 Å². The summed E-state index contributed by atoms with van der Waals surface area (Å²) in [5.41, 5.74) is 6.38. The molecule has 2 N–H and O–H groups in total. The Kier molecular flexibility index (Phi) is 6.43. The number of aromatic nitrogens is 3. The number of halogens is 2. The molecule has 1 fully saturated rings. The van der Waals surface area contributed by atoms with Crippen molar-refractivity contribution in [2.24, 2.45) is 5.73 Å². The van der Waals surface area contributed by atoms with Crippen LogP contribution in [-0.4, -0.2) is 44.7 Å². The normalized spacial score (nSPS) is 16.6. The number of thiophene rings is 1. The van der Waals surface area contributed by atoms with E-state index in [9.17, 15) is 9.18 Å². The van der Waals surface area contributed by atoms with Crippen molar-refractivity contribution in [3.8, 4) is 16.4 Å². The zero-order valence-electron chi connectivity index (χ0n) is 15.1. The predicted octanol–water partition coefficient (Wildman–Crippen LogP) is 3.51. The Balaban J connectivity index is 0.00000225. The van der Waals surface area contributed by atoms with Gasteiger partial charge in [0.1, 0.15) is 5.82 Å². The molecule has 1 aliphatic rings. The minimum absolute atomic E-state index is 0. The second kappa shape index (κ2) is 8.81. The molecule has 1 aromatic carbocycles. The summed E-state index contributed by atoms with van der Waals surface area (Å²) in [4.78, 5) is 20.2. The third-order valence-electron chi connectivity index (χ3n) is 4.75. The fourth-order valence-corrected chi connectivity index (χ4v) is 4.10. The lowest BCUT2D eigenvalue weighted by Gasteiger charge is -2.34. The monoisotopic (exact) mass is 421 g/mol. The van der Waals surface area contributed by atoms with Crippen molar-refractivity contribution in [2.45, 2.75) is 25.3 Å². The van der Waals surface area contributed by atoms with Crippen molar-refractivity contribution in [3.63, 3.8) is 0 Å². The molecule has 1 aliphatic heterocycles. The first-order valence-electron chi connectivity index (χ1n) is 8.95. The minimum atomic E-state index is -0.368. The van der Waals surface area contributed by atoms with Crippen molar-refractivity contribution in [1.82, 2.24) is 19.7 Å². The van der Waals surface area contributed by atoms with Crippen LogP contribution < -0.4 is 5.73 Å². The van der Waals surface area contributed by atoms with Gasteiger partial charge in [0.25, 0.3) is 5.91 Å². The lowest BCUT2D eigenvalue weighted by molar-refractivity contribution is 0.0611. The lowest BCUT2D eigenvalue weighted by Crippen LogP contribution is -2.47. The topological polar surface area (TPSA) is 77.0 Å². The average Bonchev–Trinajstić information content (AvgIpc) is 3.37. The maximum atomic E-state index is 13.7. The van der Waals surface area contributed by atoms with Gasteiger partial charge in [-0.1, -0.05) is 12.1 Å². The minimum Gasteiger partial charge on any atom is -0.332 e. The molecule has 1 unspecified atom stereocenters. The molecule has 2 aromatic heterocycles. The SMILES string of the molecule is Cl.NCC1CCCCN1C(=O)c1nc(-c2cccs2)n(-c2cccc(F)c2)n1. The second-order valence-electron chi connectivity index (χ2n) is 6.51. The third kappa shape index (κ3) is 3.94. The summed E-state index contributed by atoms with van der Waals surface area (Å²) in [6.45, 7) is 1.08. The Morgan fingerprint density at radius 2 is 2.14 bits per heavy atom. The fraction of sp³-hybridized carbons (Fsp3) is 0.316. The maximum Gasteiger partial charge on any atom is 0.293 e. The summed E-state index contributed by atoms with van der Waals surface area (Å²) in [6.07, 6.45) is 2.91. The third-order valence-corrected chi connectivity index (χ3v) is 5.62. The molecular formula is C19H21ClFN5OS. The number of carbonyl (C=O) groups excluding carboxylic acids is 1. The lowest BCUT2D eigenvalue weighted by atomic mass is 10.0. The van der Waals surface area contributed by atoms with E-state index in [1.54, 1.807) is 17.0 Å². The van der Waals surface area contributed by atoms with Crippen LogP contribution in [0.5, 0.6) is 0 Å². The maximum absolute atomic E-state index is 13.7. The van der Waals surface area contributed by atoms with Gasteiger partial charge in [-0.3, -0.25) is 4.79 Å². The Hall–Kier alpha value is -2.29. The number of hydrogen-bond acceptors (Lipinski definition) is 5. The van der Waals surface area contributed by atoms with Gasteiger partial charge in [0.15, 0.2) is 5.82 Å². The van der Waals surface area contributed by atoms with Crippen LogP contribution in [0.4, 0.5) is 4.39 Å². The van der Waals surface area contributed by atoms with Gasteiger partial charge in [-0.15, -0.1) is 28.8 Å². The highest BCUT2D eigenvalue weighted by molar-refractivity contribution is 7.13. The molecule has 0 bridgehead atoms. The highest BCUT2D eigenvalue weighted by atomic mass is 35.5. The molecule has 6 nitrogen and oxygen atoms in total. The van der Waals surface area contributed by atoms with E-state index in [-0.39, 0.29) is 36.0 Å². The zero-order chi connectivity index (χ0) is 18.8. The number of carbonyl (C=O) groups is 1. The quantitative estimate of drug-likeness (QED) is 0.699. The van der Waals surface area contributed by atoms with Gasteiger partial charge in [-0.25, -0.2) is 14.1 Å². The van der Waals surface area contributed by atoms with E-state index in [1.807, 2.05) is 17.5 Å². The molecule has 148 valence electrons. The van der Waals surface area contributed by atoms with Gasteiger partial charge in [0.05, 0.1) is 10.6 Å². The van der Waals surface area contributed by atoms with E-state index in [4.69, 9.17) is 5.73 Å². The Morgan fingerprint density at radius 3 is 2.86 bits per heavy atom. The van der Waals surface area contributed by atoms with Crippen molar-refractivity contribution >= 4 is 29.7 Å². The second-order valence-corrected chi connectivity index (χ2v) is 7.46. The Morgan fingerprint density at radius 1 is 1.29 bits per heavy atom. The van der Waals surface area contributed by atoms with Crippen LogP contribution >= 0.6 is 23.7 Å². The van der Waals surface area contributed by atoms with Crippen LogP contribution in [0.2, 0.25) is 0 Å². The molecule has 1 amide bonds. The average molecular weight is 422 g/mol. The molecular weight excluding hydrogens is 401 g/mol. The number of hydrogen-bond donors (Lipinski definition) is 1. The first-order valence-corrected chi connectivity index (χ1v) is 9.83. The molecule has 28 heavy (non-hydrogen) atoms. The van der Waals surface area contributed by atoms with Gasteiger partial charge in [-0.2, -0.15) is 0 Å². The standard InChI is InChI=1S/C19H20FN5OS.ClH/c20-13-5-3-7-14(11-13)25-18(16-8-4-10-27-16)22-17(23-25)19(26)24-9-2-1-6-15(24)12-21;/h3-5,7-8,10-11,15H,1-2,6,9,12,21H2;1H. The van der Waals surface area contributed by atoms with Crippen LogP contribution in [0.1, 0.15) is 29.9 Å². The van der Waals surface area contributed by atoms with Gasteiger partial charge in [0.2, 0.25) is 5.82 Å². The number of piperidine rings is 1. The van der Waals surface area contributed by atoms with Gasteiger partial charge < -0.3 is 10.6 Å². The van der Waals surface area contributed by atoms with Crippen molar-refractivity contribution < 1.29 is 9.18 Å². The van der Waals surface area contributed by atoms with Gasteiger partial charge >= 0.3 is 0 Å². The van der Waals surface area contributed by atoms with Crippen molar-refractivity contribution in [1.29, 1.82) is 0 Å². The smallest absolute Gasteiger partial charge is 0.293 e. The highest BCUT2D eigenvalue weighted by Crippen LogP contribution is 2.27. The first kappa shape index (κ1) is 20.4. The number of benzene rings is 1. The highest BCUT2D eigenvalue weighted by Gasteiger charge is 2.30. The van der Waals surface area contributed by atoms with E-state index in [1.165, 1.54) is 28.2 Å². The summed E-state index contributed by atoms with van der Waals surface area (Å²) >= 11 is 1.49. The fourth-order valence-electron chi connectivity index (χ4n) is 3.40. The number of rotatable bonds is 4. The zero-order valence-corrected chi connectivity index (χ0v) is 16.8. The molecule has 0 aliphatic carbocycles. The van der Waals surface area contributed by atoms with Crippen LogP contribution in [0.25, 0.3) is 16.4 Å². The Bertz CT molecular complexity index is 946. The van der Waals surface area contributed by atoms with Crippen LogP contribution in [0.3, 0.4) is 0 Å². The van der Waals surface area contributed by atoms with Crippen LogP contribution in [0, 0.1) is 5.82 Å². The van der Waals surface area contributed by atoms with E-state index >= 15 is 0 Å². The van der Waals surface area contributed by atoms with Gasteiger partial charge in [-0.05, 0) is 48.9 Å². The number of nitrogens with zero attached hydrogens (tertiary/aromatic N) is 4. The molecule has 3 heterocycles. The summed E-state index contributed by atoms with van der Waals surface area (Å²) in [5, 5.41) is 6.36. The van der Waals surface area contributed by atoms with Crippen molar-refractivity contribution in [3.05, 3.63) is 53.4 Å². The number of amides is 1. The molecule has 9 heteroatoms. The van der Waals surface area contributed by atoms with Crippen LogP contribution in [-0.2, 0) is 0 Å². The summed E-state index contributed by atoms with van der Waals surface area (Å²) in [7, 11) is 0. The molecule has 0 spiro atoms. The molecule has 4 rings (SSSR count). The van der Waals surface area contributed by atoms with Gasteiger partial charge in [0, 0.05) is 19.1 Å². The number of likely N-dealkylation sites (tertiary alicyclic amines) is 1. The summed E-state index contributed by atoms with van der Waals surface area (Å²) < 4.78 is 15.3. The van der Waals surface area contributed by atoms with Crippen LogP contribution in [0.15, 0.2) is 41.8 Å². The molecule has 3 aromatic rings. The summed E-state index contributed by atoms with van der Waals surface area (Å²) in [5.74, 6) is 0.0496. The predicted molar refractivity (Wildman–Crippen MR) is 110 cm³/mol. The van der Waals surface area contributed by atoms with E-state index < -0.39 is 0 Å². The molecule has 1 saturated heterocycles. The molecule has 0 radical (unpaired) electrons. The largest absolute Gasteiger partial charge is 0.332 e. The van der Waals surface area contributed by atoms with E-state index in [2.05, 4.69) is 10.1 Å². The number of nitrogens with two attached hydrogens (primary N) is 1.